The normalized spacial score (nSPS) is 17.1. The molecule has 74 valence electrons. The van der Waals surface area contributed by atoms with Crippen LogP contribution >= 0.6 is 8.58 Å². The minimum absolute atomic E-state index is 0.971. The largest absolute Gasteiger partial charge is 0.145 e. The van der Waals surface area contributed by atoms with Gasteiger partial charge in [-0.3, -0.25) is 0 Å². The van der Waals surface area contributed by atoms with Crippen molar-refractivity contribution in [3.05, 3.63) is 35.4 Å². The topological polar surface area (TPSA) is 0 Å². The first-order valence-corrected chi connectivity index (χ1v) is 7.02. The molecule has 0 bridgehead atoms. The summed E-state index contributed by atoms with van der Waals surface area (Å²) < 4.78 is 0. The zero-order chi connectivity index (χ0) is 9.80. The molecule has 0 aromatic heterocycles. The second kappa shape index (κ2) is 4.98. The first-order chi connectivity index (χ1) is 6.84. The number of hydrogen-bond donors (Lipinski definition) is 0. The Morgan fingerprint density at radius 1 is 1.14 bits per heavy atom. The molecule has 1 aromatic rings. The highest BCUT2D eigenvalue weighted by Gasteiger charge is 2.17. The summed E-state index contributed by atoms with van der Waals surface area (Å²) in [6.07, 6.45) is 7.20. The Morgan fingerprint density at radius 2 is 1.79 bits per heavy atom. The van der Waals surface area contributed by atoms with Crippen molar-refractivity contribution in [1.29, 1.82) is 0 Å². The summed E-state index contributed by atoms with van der Waals surface area (Å²) in [5.41, 5.74) is 2.91. The van der Waals surface area contributed by atoms with E-state index in [-0.39, 0.29) is 0 Å². The van der Waals surface area contributed by atoms with Gasteiger partial charge in [-0.15, -0.1) is 8.58 Å². The summed E-state index contributed by atoms with van der Waals surface area (Å²) in [5.74, 6) is 0. The molecule has 0 radical (unpaired) electrons. The lowest BCUT2D eigenvalue weighted by Gasteiger charge is -2.18. The highest BCUT2D eigenvalue weighted by atomic mass is 31.1. The fourth-order valence-electron chi connectivity index (χ4n) is 2.14. The van der Waals surface area contributed by atoms with E-state index in [1.807, 2.05) is 0 Å². The van der Waals surface area contributed by atoms with Crippen LogP contribution in [0.15, 0.2) is 24.3 Å². The Morgan fingerprint density at radius 3 is 2.43 bits per heavy atom. The summed E-state index contributed by atoms with van der Waals surface area (Å²) in [7, 11) is 1.25. The van der Waals surface area contributed by atoms with E-state index in [4.69, 9.17) is 0 Å². The van der Waals surface area contributed by atoms with E-state index in [0.717, 1.165) is 6.71 Å². The smallest absolute Gasteiger partial charge is 0.123 e. The van der Waals surface area contributed by atoms with Crippen molar-refractivity contribution in [3.8, 4) is 0 Å². The van der Waals surface area contributed by atoms with Crippen LogP contribution in [0, 0.1) is 6.92 Å². The van der Waals surface area contributed by atoms with Gasteiger partial charge in [-0.1, -0.05) is 48.0 Å². The van der Waals surface area contributed by atoms with E-state index >= 15 is 0 Å². The predicted molar refractivity (Wildman–Crippen MR) is 68.3 cm³/mol. The second-order valence-electron chi connectivity index (χ2n) is 4.38. The van der Waals surface area contributed by atoms with Gasteiger partial charge in [0.15, 0.2) is 0 Å². The van der Waals surface area contributed by atoms with Crippen molar-refractivity contribution in [1.82, 2.24) is 0 Å². The molecule has 0 N–H and O–H groups in total. The molecule has 1 fully saturated rings. The maximum Gasteiger partial charge on any atom is 0.145 e. The third kappa shape index (κ3) is 2.85. The summed E-state index contributed by atoms with van der Waals surface area (Å²) in [4.78, 5) is 0. The zero-order valence-electron chi connectivity index (χ0n) is 8.92. The summed E-state index contributed by atoms with van der Waals surface area (Å²) >= 11 is 0. The fourth-order valence-corrected chi connectivity index (χ4v) is 3.62. The molecule has 14 heavy (non-hydrogen) atoms. The van der Waals surface area contributed by atoms with Crippen molar-refractivity contribution in [3.63, 3.8) is 0 Å². The molecule has 0 spiro atoms. The van der Waals surface area contributed by atoms with Gasteiger partial charge in [0.1, 0.15) is 6.71 Å². The Balaban J connectivity index is 1.92. The van der Waals surface area contributed by atoms with E-state index in [1.165, 1.54) is 51.0 Å². The van der Waals surface area contributed by atoms with Crippen LogP contribution in [0.4, 0.5) is 0 Å². The van der Waals surface area contributed by atoms with Crippen molar-refractivity contribution in [2.75, 3.05) is 12.3 Å². The Labute approximate surface area is 89.4 Å². The Kier molecular flexibility index (Phi) is 3.64. The van der Waals surface area contributed by atoms with Gasteiger partial charge in [0, 0.05) is 0 Å². The van der Waals surface area contributed by atoms with Crippen LogP contribution in [0.2, 0.25) is 12.6 Å². The van der Waals surface area contributed by atoms with E-state index in [1.54, 1.807) is 0 Å². The number of aryl methyl sites for hydroxylation is 1. The quantitative estimate of drug-likeness (QED) is 0.512. The van der Waals surface area contributed by atoms with Gasteiger partial charge in [-0.25, -0.2) is 0 Å². The number of benzene rings is 1. The molecule has 1 aliphatic rings. The van der Waals surface area contributed by atoms with E-state index in [0.29, 0.717) is 0 Å². The lowest BCUT2D eigenvalue weighted by molar-refractivity contribution is 1.19. The third-order valence-corrected chi connectivity index (χ3v) is 4.39. The molecule has 0 amide bonds. The van der Waals surface area contributed by atoms with Crippen LogP contribution in [-0.4, -0.2) is 19.0 Å². The van der Waals surface area contributed by atoms with E-state index in [9.17, 15) is 0 Å². The number of hydrogen-bond acceptors (Lipinski definition) is 0. The minimum atomic E-state index is 0.971. The molecular weight excluding hydrogens is 186 g/mol. The summed E-state index contributed by atoms with van der Waals surface area (Å²) in [5, 5.41) is 0. The average Bonchev–Trinajstić information content (AvgIpc) is 2.23. The van der Waals surface area contributed by atoms with Crippen LogP contribution < -0.4 is 0 Å². The highest BCUT2D eigenvalue weighted by Crippen LogP contribution is 2.25. The van der Waals surface area contributed by atoms with Gasteiger partial charge in [0.2, 0.25) is 0 Å². The van der Waals surface area contributed by atoms with Crippen LogP contribution in [0.3, 0.4) is 0 Å². The zero-order valence-corrected chi connectivity index (χ0v) is 9.92. The molecule has 0 unspecified atom stereocenters. The molecule has 0 aliphatic carbocycles. The molecule has 1 saturated heterocycles. The molecule has 2 heteroatoms. The summed E-state index contributed by atoms with van der Waals surface area (Å²) in [6.45, 7) is 3.13. The molecule has 1 aromatic carbocycles. The van der Waals surface area contributed by atoms with Crippen LogP contribution in [0.25, 0.3) is 0 Å². The first-order valence-electron chi connectivity index (χ1n) is 5.61. The summed E-state index contributed by atoms with van der Waals surface area (Å²) in [6, 6.07) is 9.07. The standard InChI is InChI=1S/C12H18BP/c1-11-2-4-12(5-3-11)10-13-6-8-14-9-7-13/h2-5,14H,6-10H2,1H3. The van der Waals surface area contributed by atoms with Crippen molar-refractivity contribution in [2.45, 2.75) is 25.9 Å². The third-order valence-electron chi connectivity index (χ3n) is 3.10. The maximum atomic E-state index is 2.30. The predicted octanol–water partition coefficient (Wildman–Crippen LogP) is 3.26. The SMILES string of the molecule is Cc1ccc(CB2CCPCC2)cc1. The molecule has 1 aliphatic heterocycles. The molecule has 0 saturated carbocycles. The average molecular weight is 204 g/mol. The number of rotatable bonds is 2. The van der Waals surface area contributed by atoms with Gasteiger partial charge in [-0.05, 0) is 25.6 Å². The Hall–Kier alpha value is -0.285. The van der Waals surface area contributed by atoms with Gasteiger partial charge in [0.25, 0.3) is 0 Å². The van der Waals surface area contributed by atoms with Crippen molar-refractivity contribution in [2.24, 2.45) is 0 Å². The Bertz CT molecular complexity index is 275. The molecule has 1 heterocycles. The van der Waals surface area contributed by atoms with Crippen LogP contribution in [0.5, 0.6) is 0 Å². The van der Waals surface area contributed by atoms with Crippen molar-refractivity contribution >= 4 is 15.3 Å². The minimum Gasteiger partial charge on any atom is -0.123 e. The van der Waals surface area contributed by atoms with Gasteiger partial charge in [-0.2, -0.15) is 0 Å². The van der Waals surface area contributed by atoms with Gasteiger partial charge < -0.3 is 0 Å². The van der Waals surface area contributed by atoms with Gasteiger partial charge >= 0.3 is 0 Å². The molecule has 0 atom stereocenters. The van der Waals surface area contributed by atoms with Crippen LogP contribution in [0.1, 0.15) is 11.1 Å². The van der Waals surface area contributed by atoms with E-state index in [2.05, 4.69) is 31.2 Å². The monoisotopic (exact) mass is 204 g/mol. The lowest BCUT2D eigenvalue weighted by atomic mass is 9.42. The maximum absolute atomic E-state index is 2.30. The molecular formula is C12H18BP. The highest BCUT2D eigenvalue weighted by molar-refractivity contribution is 7.38. The molecule has 0 nitrogen and oxygen atoms in total. The fraction of sp³-hybridized carbons (Fsp3) is 0.500. The van der Waals surface area contributed by atoms with Gasteiger partial charge in [0.05, 0.1) is 0 Å². The van der Waals surface area contributed by atoms with Crippen molar-refractivity contribution < 1.29 is 0 Å². The lowest BCUT2D eigenvalue weighted by Crippen LogP contribution is -2.21. The second-order valence-corrected chi connectivity index (χ2v) is 5.88. The van der Waals surface area contributed by atoms with Crippen LogP contribution in [-0.2, 0) is 6.32 Å². The molecule has 2 rings (SSSR count). The van der Waals surface area contributed by atoms with E-state index < -0.39 is 0 Å². The first kappa shape index (κ1) is 10.2.